The lowest BCUT2D eigenvalue weighted by molar-refractivity contribution is 0.148. The van der Waals surface area contributed by atoms with Crippen LogP contribution in [0.15, 0.2) is 54.9 Å². The number of aliphatic hydroxyl groups is 1. The van der Waals surface area contributed by atoms with E-state index in [0.29, 0.717) is 17.9 Å². The van der Waals surface area contributed by atoms with E-state index in [1.807, 2.05) is 24.3 Å². The predicted molar refractivity (Wildman–Crippen MR) is 115 cm³/mol. The third-order valence-corrected chi connectivity index (χ3v) is 4.78. The Hall–Kier alpha value is -2.81. The van der Waals surface area contributed by atoms with E-state index < -0.39 is 23.8 Å². The zero-order valence-corrected chi connectivity index (χ0v) is 17.6. The Bertz CT molecular complexity index is 988. The molecule has 2 atom stereocenters. The summed E-state index contributed by atoms with van der Waals surface area (Å²) >= 11 is 5.89. The lowest BCUT2D eigenvalue weighted by Crippen LogP contribution is -2.42. The largest absolute Gasteiger partial charge is 0.497 e. The van der Waals surface area contributed by atoms with Crippen molar-refractivity contribution in [3.8, 4) is 5.75 Å². The molecule has 31 heavy (non-hydrogen) atoms. The first-order valence-corrected chi connectivity index (χ1v) is 10.0. The van der Waals surface area contributed by atoms with Gasteiger partial charge in [0.15, 0.2) is 0 Å². The molecule has 0 saturated heterocycles. The van der Waals surface area contributed by atoms with Crippen LogP contribution >= 0.6 is 11.6 Å². The number of nitrogens with one attached hydrogen (secondary N) is 2. The smallest absolute Gasteiger partial charge is 0.149 e. The van der Waals surface area contributed by atoms with Crippen LogP contribution < -0.4 is 15.4 Å². The molecule has 2 aromatic carbocycles. The Labute approximate surface area is 184 Å². The number of aromatic nitrogens is 2. The van der Waals surface area contributed by atoms with E-state index in [9.17, 15) is 13.9 Å². The first-order chi connectivity index (χ1) is 14.9. The van der Waals surface area contributed by atoms with Gasteiger partial charge < -0.3 is 20.5 Å². The fourth-order valence-corrected chi connectivity index (χ4v) is 3.30. The molecule has 0 aliphatic rings. The van der Waals surface area contributed by atoms with Crippen LogP contribution in [0, 0.1) is 11.6 Å². The molecule has 0 spiro atoms. The highest BCUT2D eigenvalue weighted by Crippen LogP contribution is 2.16. The molecular weight excluding hydrogens is 426 g/mol. The van der Waals surface area contributed by atoms with Crippen LogP contribution in [0.25, 0.3) is 0 Å². The van der Waals surface area contributed by atoms with Crippen LogP contribution in [-0.4, -0.2) is 40.9 Å². The zero-order chi connectivity index (χ0) is 22.2. The summed E-state index contributed by atoms with van der Waals surface area (Å²) in [5, 5.41) is 17.2. The predicted octanol–water partition coefficient (Wildman–Crippen LogP) is 3.59. The molecule has 0 unspecified atom stereocenters. The molecule has 3 rings (SSSR count). The van der Waals surface area contributed by atoms with Crippen molar-refractivity contribution in [3.63, 3.8) is 0 Å². The van der Waals surface area contributed by atoms with Crippen LogP contribution in [0.1, 0.15) is 11.1 Å². The zero-order valence-electron chi connectivity index (χ0n) is 16.9. The first kappa shape index (κ1) is 22.9. The van der Waals surface area contributed by atoms with E-state index >= 15 is 0 Å². The van der Waals surface area contributed by atoms with Crippen molar-refractivity contribution in [1.82, 2.24) is 15.3 Å². The van der Waals surface area contributed by atoms with E-state index in [1.54, 1.807) is 7.11 Å². The van der Waals surface area contributed by atoms with E-state index in [2.05, 4.69) is 20.6 Å². The van der Waals surface area contributed by atoms with Crippen molar-refractivity contribution >= 4 is 17.4 Å². The van der Waals surface area contributed by atoms with Crippen LogP contribution in [0.5, 0.6) is 5.75 Å². The van der Waals surface area contributed by atoms with Crippen LogP contribution in [0.4, 0.5) is 14.6 Å². The summed E-state index contributed by atoms with van der Waals surface area (Å²) in [4.78, 5) is 8.08. The maximum atomic E-state index is 13.6. The molecule has 1 aromatic heterocycles. The Morgan fingerprint density at radius 2 is 1.87 bits per heavy atom. The van der Waals surface area contributed by atoms with E-state index in [0.717, 1.165) is 17.4 Å². The van der Waals surface area contributed by atoms with E-state index in [1.165, 1.54) is 24.5 Å². The molecule has 0 aliphatic heterocycles. The summed E-state index contributed by atoms with van der Waals surface area (Å²) in [5.74, 6) is -0.267. The molecule has 1 heterocycles. The molecule has 3 N–H and O–H groups in total. The van der Waals surface area contributed by atoms with Crippen molar-refractivity contribution in [2.45, 2.75) is 25.1 Å². The summed E-state index contributed by atoms with van der Waals surface area (Å²) in [6.07, 6.45) is 2.10. The normalized spacial score (nSPS) is 12.9. The maximum Gasteiger partial charge on any atom is 0.149 e. The fourth-order valence-electron chi connectivity index (χ4n) is 3.16. The van der Waals surface area contributed by atoms with Gasteiger partial charge in [0.05, 0.1) is 31.6 Å². The minimum absolute atomic E-state index is 0.158. The highest BCUT2D eigenvalue weighted by molar-refractivity contribution is 6.29. The van der Waals surface area contributed by atoms with Gasteiger partial charge in [-0.25, -0.2) is 13.8 Å². The van der Waals surface area contributed by atoms with Gasteiger partial charge in [0, 0.05) is 19.2 Å². The number of nitrogens with zero attached hydrogens (tertiary/aromatic N) is 2. The SMILES string of the molecule is COc1cccc(CNC[C@@H](O)[C@H](Cc2cc(F)cc(F)c2)Nc2cncc(Cl)n2)c1. The average Bonchev–Trinajstić information content (AvgIpc) is 2.72. The van der Waals surface area contributed by atoms with Crippen molar-refractivity contribution in [2.75, 3.05) is 19.0 Å². The van der Waals surface area contributed by atoms with Crippen LogP contribution in [0.3, 0.4) is 0 Å². The number of hydrogen-bond donors (Lipinski definition) is 3. The number of halogens is 3. The minimum Gasteiger partial charge on any atom is -0.497 e. The van der Waals surface area contributed by atoms with E-state index in [-0.39, 0.29) is 18.1 Å². The molecule has 0 amide bonds. The summed E-state index contributed by atoms with van der Waals surface area (Å²) in [6.45, 7) is 0.729. The number of rotatable bonds is 10. The van der Waals surface area contributed by atoms with Gasteiger partial charge in [0.2, 0.25) is 0 Å². The molecular formula is C22H23ClF2N4O2. The first-order valence-electron chi connectivity index (χ1n) is 9.63. The highest BCUT2D eigenvalue weighted by Gasteiger charge is 2.21. The molecule has 9 heteroatoms. The van der Waals surface area contributed by atoms with Gasteiger partial charge in [-0.3, -0.25) is 4.98 Å². The molecule has 0 aliphatic carbocycles. The number of benzene rings is 2. The Balaban J connectivity index is 1.69. The third-order valence-electron chi connectivity index (χ3n) is 4.60. The number of ether oxygens (including phenoxy) is 1. The number of methoxy groups -OCH3 is 1. The fraction of sp³-hybridized carbons (Fsp3) is 0.273. The second-order valence-electron chi connectivity index (χ2n) is 7.01. The van der Waals surface area contributed by atoms with Gasteiger partial charge in [0.1, 0.15) is 28.4 Å². The second-order valence-corrected chi connectivity index (χ2v) is 7.40. The standard InChI is InChI=1S/C22H23ClF2N4O2/c1-31-18-4-2-3-14(7-18)10-26-11-20(30)19(28-22-13-27-12-21(23)29-22)8-15-5-16(24)9-17(25)6-15/h2-7,9,12-13,19-20,26,30H,8,10-11H2,1H3,(H,28,29)/t19-,20+/m0/s1. The lowest BCUT2D eigenvalue weighted by Gasteiger charge is -2.25. The Morgan fingerprint density at radius 1 is 1.10 bits per heavy atom. The van der Waals surface area contributed by atoms with E-state index in [4.69, 9.17) is 16.3 Å². The molecule has 0 radical (unpaired) electrons. The quantitative estimate of drug-likeness (QED) is 0.440. The molecule has 3 aromatic rings. The summed E-state index contributed by atoms with van der Waals surface area (Å²) < 4.78 is 32.5. The molecule has 0 fully saturated rings. The highest BCUT2D eigenvalue weighted by atomic mass is 35.5. The Morgan fingerprint density at radius 3 is 2.58 bits per heavy atom. The monoisotopic (exact) mass is 448 g/mol. The third kappa shape index (κ3) is 7.13. The minimum atomic E-state index is -0.905. The lowest BCUT2D eigenvalue weighted by atomic mass is 10.0. The van der Waals surface area contributed by atoms with Gasteiger partial charge in [-0.05, 0) is 41.8 Å². The average molecular weight is 449 g/mol. The molecule has 164 valence electrons. The van der Waals surface area contributed by atoms with Crippen LogP contribution in [0.2, 0.25) is 5.15 Å². The number of aliphatic hydroxyl groups excluding tert-OH is 1. The van der Waals surface area contributed by atoms with Gasteiger partial charge in [-0.15, -0.1) is 0 Å². The van der Waals surface area contributed by atoms with Gasteiger partial charge in [-0.1, -0.05) is 23.7 Å². The molecule has 0 bridgehead atoms. The topological polar surface area (TPSA) is 79.3 Å². The second kappa shape index (κ2) is 11.0. The number of hydrogen-bond acceptors (Lipinski definition) is 6. The van der Waals surface area contributed by atoms with Crippen molar-refractivity contribution in [3.05, 3.63) is 82.8 Å². The van der Waals surface area contributed by atoms with Crippen molar-refractivity contribution in [2.24, 2.45) is 0 Å². The summed E-state index contributed by atoms with van der Waals surface area (Å²) in [7, 11) is 1.60. The van der Waals surface area contributed by atoms with Gasteiger partial charge in [0.25, 0.3) is 0 Å². The molecule has 0 saturated carbocycles. The van der Waals surface area contributed by atoms with Crippen LogP contribution in [-0.2, 0) is 13.0 Å². The van der Waals surface area contributed by atoms with Gasteiger partial charge >= 0.3 is 0 Å². The number of anilines is 1. The maximum absolute atomic E-state index is 13.6. The van der Waals surface area contributed by atoms with Crippen molar-refractivity contribution in [1.29, 1.82) is 0 Å². The summed E-state index contributed by atoms with van der Waals surface area (Å²) in [6, 6.07) is 10.2. The Kier molecular flexibility index (Phi) is 8.11. The van der Waals surface area contributed by atoms with Crippen molar-refractivity contribution < 1.29 is 18.6 Å². The molecule has 6 nitrogen and oxygen atoms in total. The summed E-state index contributed by atoms with van der Waals surface area (Å²) in [5.41, 5.74) is 1.39. The van der Waals surface area contributed by atoms with Gasteiger partial charge in [-0.2, -0.15) is 0 Å².